The number of carbonyl (C=O) groups excluding carboxylic acids is 1. The van der Waals surface area contributed by atoms with Gasteiger partial charge in [0.1, 0.15) is 19.0 Å². The van der Waals surface area contributed by atoms with Crippen molar-refractivity contribution in [2.75, 3.05) is 44.3 Å². The highest BCUT2D eigenvalue weighted by atomic mass is 16.5. The lowest BCUT2D eigenvalue weighted by molar-refractivity contribution is 0.0990. The molecule has 0 saturated carbocycles. The first kappa shape index (κ1) is 16.8. The van der Waals surface area contributed by atoms with Crippen molar-refractivity contribution < 1.29 is 14.3 Å². The molecule has 1 fully saturated rings. The van der Waals surface area contributed by atoms with Gasteiger partial charge in [0.05, 0.1) is 5.56 Å². The van der Waals surface area contributed by atoms with E-state index >= 15 is 0 Å². The molecule has 0 bridgehead atoms. The lowest BCUT2D eigenvalue weighted by Gasteiger charge is -2.28. The van der Waals surface area contributed by atoms with E-state index in [9.17, 15) is 4.79 Å². The van der Waals surface area contributed by atoms with Gasteiger partial charge in [0, 0.05) is 45.0 Å². The molecule has 4 rings (SSSR count). The molecule has 1 aliphatic carbocycles. The van der Waals surface area contributed by atoms with Crippen LogP contribution in [-0.2, 0) is 6.42 Å². The standard InChI is InChI=1S/C19H22N4O3/c24-15-5-4-14-2-1-3-16(17(14)15)25-12-13-26-19-18(21-6-7-22-19)23-10-8-20-9-11-23/h1-3,6-7,20H,4-5,8-13H2. The minimum Gasteiger partial charge on any atom is -0.489 e. The Morgan fingerprint density at radius 1 is 1.04 bits per heavy atom. The van der Waals surface area contributed by atoms with E-state index in [1.807, 2.05) is 18.2 Å². The Bertz CT molecular complexity index is 790. The number of piperazine rings is 1. The van der Waals surface area contributed by atoms with Gasteiger partial charge < -0.3 is 19.7 Å². The van der Waals surface area contributed by atoms with Crippen molar-refractivity contribution in [1.29, 1.82) is 0 Å². The van der Waals surface area contributed by atoms with Gasteiger partial charge in [-0.15, -0.1) is 0 Å². The molecule has 2 heterocycles. The number of Topliss-reactive ketones (excluding diaryl/α,β-unsaturated/α-hetero) is 1. The van der Waals surface area contributed by atoms with Crippen molar-refractivity contribution in [1.82, 2.24) is 15.3 Å². The number of hydrogen-bond donors (Lipinski definition) is 1. The smallest absolute Gasteiger partial charge is 0.257 e. The molecular weight excluding hydrogens is 332 g/mol. The average Bonchev–Trinajstić information content (AvgIpc) is 3.08. The number of anilines is 1. The van der Waals surface area contributed by atoms with E-state index in [-0.39, 0.29) is 5.78 Å². The van der Waals surface area contributed by atoms with Crippen LogP contribution < -0.4 is 19.7 Å². The van der Waals surface area contributed by atoms with Crippen molar-refractivity contribution in [2.24, 2.45) is 0 Å². The molecule has 0 amide bonds. The van der Waals surface area contributed by atoms with E-state index in [4.69, 9.17) is 9.47 Å². The fourth-order valence-corrected chi connectivity index (χ4v) is 3.40. The average molecular weight is 354 g/mol. The highest BCUT2D eigenvalue weighted by Crippen LogP contribution is 2.30. The molecule has 1 N–H and O–H groups in total. The van der Waals surface area contributed by atoms with Crippen LogP contribution in [0.15, 0.2) is 30.6 Å². The molecule has 1 aliphatic heterocycles. The third-order valence-corrected chi connectivity index (χ3v) is 4.66. The van der Waals surface area contributed by atoms with Crippen LogP contribution in [0.5, 0.6) is 11.6 Å². The van der Waals surface area contributed by atoms with Crippen LogP contribution in [0, 0.1) is 0 Å². The Balaban J connectivity index is 1.36. The summed E-state index contributed by atoms with van der Waals surface area (Å²) in [7, 11) is 0. The fraction of sp³-hybridized carbons (Fsp3) is 0.421. The first-order valence-corrected chi connectivity index (χ1v) is 9.00. The molecule has 7 heteroatoms. The van der Waals surface area contributed by atoms with E-state index in [2.05, 4.69) is 20.2 Å². The van der Waals surface area contributed by atoms with Gasteiger partial charge in [0.15, 0.2) is 11.6 Å². The van der Waals surface area contributed by atoms with E-state index < -0.39 is 0 Å². The number of carbonyl (C=O) groups is 1. The maximum Gasteiger partial charge on any atom is 0.257 e. The second-order valence-electron chi connectivity index (χ2n) is 6.33. The van der Waals surface area contributed by atoms with Crippen molar-refractivity contribution >= 4 is 11.6 Å². The van der Waals surface area contributed by atoms with E-state index in [1.54, 1.807) is 12.4 Å². The zero-order chi connectivity index (χ0) is 17.8. The topological polar surface area (TPSA) is 76.6 Å². The van der Waals surface area contributed by atoms with Crippen LogP contribution in [0.2, 0.25) is 0 Å². The van der Waals surface area contributed by atoms with Crippen molar-refractivity contribution in [3.8, 4) is 11.6 Å². The van der Waals surface area contributed by atoms with E-state index in [0.717, 1.165) is 49.5 Å². The number of aromatic nitrogens is 2. The maximum atomic E-state index is 12.0. The molecule has 2 aromatic rings. The number of ketones is 1. The van der Waals surface area contributed by atoms with Crippen LogP contribution >= 0.6 is 0 Å². The molecule has 1 saturated heterocycles. The Hall–Kier alpha value is -2.67. The zero-order valence-electron chi connectivity index (χ0n) is 14.6. The predicted octanol–water partition coefficient (Wildman–Crippen LogP) is 1.47. The summed E-state index contributed by atoms with van der Waals surface area (Å²) in [4.78, 5) is 22.9. The number of benzene rings is 1. The Morgan fingerprint density at radius 3 is 2.73 bits per heavy atom. The van der Waals surface area contributed by atoms with Gasteiger partial charge in [-0.1, -0.05) is 12.1 Å². The summed E-state index contributed by atoms with van der Waals surface area (Å²) in [6, 6.07) is 5.76. The number of fused-ring (bicyclic) bond motifs is 1. The molecule has 0 atom stereocenters. The second kappa shape index (κ2) is 7.70. The van der Waals surface area contributed by atoms with E-state index in [0.29, 0.717) is 31.3 Å². The van der Waals surface area contributed by atoms with Gasteiger partial charge >= 0.3 is 0 Å². The third kappa shape index (κ3) is 3.48. The van der Waals surface area contributed by atoms with Gasteiger partial charge in [0.25, 0.3) is 5.88 Å². The van der Waals surface area contributed by atoms with Gasteiger partial charge in [0.2, 0.25) is 0 Å². The highest BCUT2D eigenvalue weighted by Gasteiger charge is 2.23. The monoisotopic (exact) mass is 354 g/mol. The number of ether oxygens (including phenoxy) is 2. The Labute approximate surface area is 152 Å². The molecule has 0 spiro atoms. The zero-order valence-corrected chi connectivity index (χ0v) is 14.6. The molecule has 136 valence electrons. The molecule has 26 heavy (non-hydrogen) atoms. The first-order chi connectivity index (χ1) is 12.8. The van der Waals surface area contributed by atoms with Crippen molar-refractivity contribution in [2.45, 2.75) is 12.8 Å². The summed E-state index contributed by atoms with van der Waals surface area (Å²) < 4.78 is 11.6. The number of aryl methyl sites for hydroxylation is 1. The molecule has 1 aromatic heterocycles. The molecule has 0 radical (unpaired) electrons. The van der Waals surface area contributed by atoms with Crippen LogP contribution in [0.3, 0.4) is 0 Å². The number of rotatable bonds is 6. The summed E-state index contributed by atoms with van der Waals surface area (Å²) in [5.41, 5.74) is 1.80. The van der Waals surface area contributed by atoms with Crippen molar-refractivity contribution in [3.63, 3.8) is 0 Å². The van der Waals surface area contributed by atoms with Gasteiger partial charge in [-0.3, -0.25) is 4.79 Å². The van der Waals surface area contributed by atoms with Gasteiger partial charge in [-0.2, -0.15) is 0 Å². The van der Waals surface area contributed by atoms with E-state index in [1.165, 1.54) is 0 Å². The summed E-state index contributed by atoms with van der Waals surface area (Å²) in [5, 5.41) is 3.32. The molecule has 0 unspecified atom stereocenters. The van der Waals surface area contributed by atoms with Gasteiger partial charge in [-0.05, 0) is 18.1 Å². The largest absolute Gasteiger partial charge is 0.489 e. The third-order valence-electron chi connectivity index (χ3n) is 4.66. The second-order valence-corrected chi connectivity index (χ2v) is 6.33. The first-order valence-electron chi connectivity index (χ1n) is 9.00. The summed E-state index contributed by atoms with van der Waals surface area (Å²) >= 11 is 0. The summed E-state index contributed by atoms with van der Waals surface area (Å²) in [6.45, 7) is 4.29. The SMILES string of the molecule is O=C1CCc2cccc(OCCOc3nccnc3N3CCNCC3)c21. The number of nitrogens with one attached hydrogen (secondary N) is 1. The minimum absolute atomic E-state index is 0.159. The summed E-state index contributed by atoms with van der Waals surface area (Å²) in [6.07, 6.45) is 4.68. The van der Waals surface area contributed by atoms with Crippen LogP contribution in [0.25, 0.3) is 0 Å². The lowest BCUT2D eigenvalue weighted by atomic mass is 10.1. The molecule has 2 aliphatic rings. The van der Waals surface area contributed by atoms with Crippen LogP contribution in [0.4, 0.5) is 5.82 Å². The van der Waals surface area contributed by atoms with Crippen LogP contribution in [0.1, 0.15) is 22.3 Å². The highest BCUT2D eigenvalue weighted by molar-refractivity contribution is 6.02. The molecular formula is C19H22N4O3. The maximum absolute atomic E-state index is 12.0. The quantitative estimate of drug-likeness (QED) is 0.787. The number of nitrogens with zero attached hydrogens (tertiary/aromatic N) is 3. The summed E-state index contributed by atoms with van der Waals surface area (Å²) in [5.74, 6) is 2.10. The minimum atomic E-state index is 0.159. The lowest BCUT2D eigenvalue weighted by Crippen LogP contribution is -2.44. The van der Waals surface area contributed by atoms with Crippen LogP contribution in [-0.4, -0.2) is 55.1 Å². The molecule has 1 aromatic carbocycles. The number of hydrogen-bond acceptors (Lipinski definition) is 7. The Kier molecular flexibility index (Phi) is 4.97. The van der Waals surface area contributed by atoms with Gasteiger partial charge in [-0.25, -0.2) is 9.97 Å². The predicted molar refractivity (Wildman–Crippen MR) is 97.2 cm³/mol. The fourth-order valence-electron chi connectivity index (χ4n) is 3.40. The normalized spacial score (nSPS) is 16.5. The van der Waals surface area contributed by atoms with Crippen molar-refractivity contribution in [3.05, 3.63) is 41.7 Å². The Morgan fingerprint density at radius 2 is 1.85 bits per heavy atom. The molecule has 7 nitrogen and oxygen atoms in total.